The number of carbonyl (C=O) groups excluding carboxylic acids is 2. The van der Waals surface area contributed by atoms with Gasteiger partial charge in [-0.05, 0) is 0 Å². The van der Waals surface area contributed by atoms with E-state index in [1.807, 2.05) is 0 Å². The number of amides is 2. The highest BCUT2D eigenvalue weighted by Crippen LogP contribution is 1.77. The number of carbonyl (C=O) groups is 2. The van der Waals surface area contributed by atoms with Crippen LogP contribution in [0.3, 0.4) is 0 Å². The number of nitrogens with one attached hydrogen (secondary N) is 2. The Kier molecular flexibility index (Phi) is 8.08. The van der Waals surface area contributed by atoms with Crippen molar-refractivity contribution in [2.75, 3.05) is 33.4 Å². The van der Waals surface area contributed by atoms with Crippen LogP contribution in [-0.2, 0) is 14.3 Å². The monoisotopic (exact) mass is 216 g/mol. The number of hydrogen-bond acceptors (Lipinski definition) is 4. The summed E-state index contributed by atoms with van der Waals surface area (Å²) in [7, 11) is 1.55. The molecule has 0 fully saturated rings. The zero-order valence-electron chi connectivity index (χ0n) is 8.75. The molecule has 2 N–H and O–H groups in total. The second-order valence-corrected chi connectivity index (χ2v) is 2.55. The molecule has 0 aromatic heterocycles. The van der Waals surface area contributed by atoms with E-state index in [0.29, 0.717) is 13.2 Å². The van der Waals surface area contributed by atoms with Gasteiger partial charge in [0.25, 0.3) is 0 Å². The summed E-state index contributed by atoms with van der Waals surface area (Å²) in [5.74, 6) is -0.503. The van der Waals surface area contributed by atoms with E-state index in [1.165, 1.54) is 0 Å². The molecule has 0 aromatic carbocycles. The minimum Gasteiger partial charge on any atom is -0.461 e. The van der Waals surface area contributed by atoms with E-state index in [-0.39, 0.29) is 19.2 Å². The maximum Gasteiger partial charge on any atom is 0.330 e. The Labute approximate surface area is 88.6 Å². The third kappa shape index (κ3) is 8.76. The van der Waals surface area contributed by atoms with Crippen LogP contribution in [0.25, 0.3) is 0 Å². The van der Waals surface area contributed by atoms with Gasteiger partial charge in [-0.15, -0.1) is 0 Å². The summed E-state index contributed by atoms with van der Waals surface area (Å²) in [4.78, 5) is 21.6. The summed E-state index contributed by atoms with van der Waals surface area (Å²) in [6, 6.07) is -0.318. The number of ether oxygens (including phenoxy) is 2. The molecule has 0 rings (SSSR count). The highest BCUT2D eigenvalue weighted by atomic mass is 16.5. The van der Waals surface area contributed by atoms with E-state index >= 15 is 0 Å². The average molecular weight is 216 g/mol. The van der Waals surface area contributed by atoms with Crippen LogP contribution >= 0.6 is 0 Å². The Balaban J connectivity index is 3.31. The lowest BCUT2D eigenvalue weighted by Crippen LogP contribution is -2.38. The summed E-state index contributed by atoms with van der Waals surface area (Å²) in [5.41, 5.74) is 0. The van der Waals surface area contributed by atoms with Crippen LogP contribution in [0.2, 0.25) is 0 Å². The Bertz CT molecular complexity index is 218. The molecular weight excluding hydrogens is 200 g/mol. The van der Waals surface area contributed by atoms with Gasteiger partial charge in [0.05, 0.1) is 13.2 Å². The summed E-state index contributed by atoms with van der Waals surface area (Å²) in [6.45, 7) is 4.52. The largest absolute Gasteiger partial charge is 0.461 e. The predicted molar refractivity (Wildman–Crippen MR) is 54.4 cm³/mol. The molecule has 0 saturated heterocycles. The maximum atomic E-state index is 11.0. The molecule has 86 valence electrons. The first-order valence-electron chi connectivity index (χ1n) is 4.50. The zero-order chi connectivity index (χ0) is 11.5. The summed E-state index contributed by atoms with van der Waals surface area (Å²) >= 11 is 0. The van der Waals surface area contributed by atoms with Gasteiger partial charge in [-0.1, -0.05) is 6.58 Å². The molecule has 0 atom stereocenters. The van der Waals surface area contributed by atoms with Crippen molar-refractivity contribution in [3.63, 3.8) is 0 Å². The predicted octanol–water partition coefficient (Wildman–Crippen LogP) is -0.339. The molecule has 0 saturated carbocycles. The van der Waals surface area contributed by atoms with Gasteiger partial charge in [-0.3, -0.25) is 0 Å². The molecular formula is C9H16N2O4. The quantitative estimate of drug-likeness (QED) is 0.347. The third-order valence-corrected chi connectivity index (χ3v) is 1.39. The number of esters is 1. The SMILES string of the molecule is C=CC(=O)OCCNC(=O)NCCOC. The zero-order valence-corrected chi connectivity index (χ0v) is 8.75. The summed E-state index contributed by atoms with van der Waals surface area (Å²) < 4.78 is 9.38. The van der Waals surface area contributed by atoms with E-state index in [9.17, 15) is 9.59 Å². The second kappa shape index (κ2) is 9.01. The molecule has 0 aliphatic rings. The van der Waals surface area contributed by atoms with Crippen LogP contribution in [-0.4, -0.2) is 45.4 Å². The molecule has 2 amide bonds. The lowest BCUT2D eigenvalue weighted by molar-refractivity contribution is -0.137. The van der Waals surface area contributed by atoms with Gasteiger partial charge in [0.2, 0.25) is 0 Å². The van der Waals surface area contributed by atoms with Crippen LogP contribution in [0.4, 0.5) is 4.79 Å². The van der Waals surface area contributed by atoms with Crippen molar-refractivity contribution < 1.29 is 19.1 Å². The van der Waals surface area contributed by atoms with Crippen LogP contribution in [0.1, 0.15) is 0 Å². The Hall–Kier alpha value is -1.56. The fourth-order valence-electron chi connectivity index (χ4n) is 0.704. The molecule has 6 heteroatoms. The number of rotatable bonds is 7. The molecule has 15 heavy (non-hydrogen) atoms. The highest BCUT2D eigenvalue weighted by molar-refractivity contribution is 5.81. The molecule has 0 aliphatic carbocycles. The number of methoxy groups -OCH3 is 1. The Morgan fingerprint density at radius 2 is 1.87 bits per heavy atom. The van der Waals surface area contributed by atoms with Gasteiger partial charge >= 0.3 is 12.0 Å². The van der Waals surface area contributed by atoms with Gasteiger partial charge in [0.15, 0.2) is 0 Å². The van der Waals surface area contributed by atoms with Crippen molar-refractivity contribution in [2.45, 2.75) is 0 Å². The molecule has 0 bridgehead atoms. The van der Waals surface area contributed by atoms with Gasteiger partial charge < -0.3 is 20.1 Å². The second-order valence-electron chi connectivity index (χ2n) is 2.55. The van der Waals surface area contributed by atoms with Crippen molar-refractivity contribution >= 4 is 12.0 Å². The first-order chi connectivity index (χ1) is 7.20. The van der Waals surface area contributed by atoms with Crippen LogP contribution in [0, 0.1) is 0 Å². The molecule has 0 aromatic rings. The summed E-state index contributed by atoms with van der Waals surface area (Å²) in [5, 5.41) is 5.05. The van der Waals surface area contributed by atoms with Crippen molar-refractivity contribution in [3.05, 3.63) is 12.7 Å². The number of hydrogen-bond donors (Lipinski definition) is 2. The smallest absolute Gasteiger partial charge is 0.330 e. The van der Waals surface area contributed by atoms with Gasteiger partial charge in [-0.25, -0.2) is 9.59 Å². The van der Waals surface area contributed by atoms with Crippen molar-refractivity contribution in [1.29, 1.82) is 0 Å². The minimum atomic E-state index is -0.503. The van der Waals surface area contributed by atoms with Crippen molar-refractivity contribution in [3.8, 4) is 0 Å². The van der Waals surface area contributed by atoms with Gasteiger partial charge in [0.1, 0.15) is 6.61 Å². The van der Waals surface area contributed by atoms with E-state index in [4.69, 9.17) is 4.74 Å². The first kappa shape index (κ1) is 13.4. The van der Waals surface area contributed by atoms with Crippen molar-refractivity contribution in [1.82, 2.24) is 10.6 Å². The van der Waals surface area contributed by atoms with Gasteiger partial charge in [-0.2, -0.15) is 0 Å². The van der Waals surface area contributed by atoms with E-state index in [1.54, 1.807) is 7.11 Å². The van der Waals surface area contributed by atoms with Gasteiger partial charge in [0, 0.05) is 19.7 Å². The number of urea groups is 1. The van der Waals surface area contributed by atoms with Crippen LogP contribution < -0.4 is 10.6 Å². The van der Waals surface area contributed by atoms with E-state index in [0.717, 1.165) is 6.08 Å². The normalized spacial score (nSPS) is 9.13. The summed E-state index contributed by atoms with van der Waals surface area (Å²) in [6.07, 6.45) is 1.07. The lowest BCUT2D eigenvalue weighted by Gasteiger charge is -2.06. The molecule has 6 nitrogen and oxygen atoms in total. The average Bonchev–Trinajstić information content (AvgIpc) is 2.24. The van der Waals surface area contributed by atoms with Crippen molar-refractivity contribution in [2.24, 2.45) is 0 Å². The van der Waals surface area contributed by atoms with Crippen LogP contribution in [0.5, 0.6) is 0 Å². The van der Waals surface area contributed by atoms with E-state index < -0.39 is 5.97 Å². The third-order valence-electron chi connectivity index (χ3n) is 1.39. The maximum absolute atomic E-state index is 11.0. The Morgan fingerprint density at radius 1 is 1.27 bits per heavy atom. The molecule has 0 radical (unpaired) electrons. The molecule has 0 spiro atoms. The topological polar surface area (TPSA) is 76.7 Å². The highest BCUT2D eigenvalue weighted by Gasteiger charge is 1.99. The lowest BCUT2D eigenvalue weighted by atomic mass is 10.6. The molecule has 0 unspecified atom stereocenters. The fraction of sp³-hybridized carbons (Fsp3) is 0.556. The first-order valence-corrected chi connectivity index (χ1v) is 4.50. The van der Waals surface area contributed by atoms with E-state index in [2.05, 4.69) is 21.9 Å². The minimum absolute atomic E-state index is 0.128. The Morgan fingerprint density at radius 3 is 2.40 bits per heavy atom. The van der Waals surface area contributed by atoms with Crippen LogP contribution in [0.15, 0.2) is 12.7 Å². The molecule has 0 aliphatic heterocycles. The standard InChI is InChI=1S/C9H16N2O4/c1-3-8(12)15-7-5-11-9(13)10-4-6-14-2/h3H,1,4-7H2,2H3,(H2,10,11,13). The molecule has 0 heterocycles. The fourth-order valence-corrected chi connectivity index (χ4v) is 0.704.